The maximum atomic E-state index is 6.70. The molecule has 0 aliphatic carbocycles. The van der Waals surface area contributed by atoms with E-state index >= 15 is 0 Å². The molecule has 0 fully saturated rings. The second-order valence-corrected chi connectivity index (χ2v) is 14.3. The first-order chi connectivity index (χ1) is 27.2. The normalized spacial score (nSPS) is 12.0. The van der Waals surface area contributed by atoms with E-state index in [9.17, 15) is 0 Å². The van der Waals surface area contributed by atoms with Crippen LogP contribution in [0.25, 0.3) is 116 Å². The van der Waals surface area contributed by atoms with Crippen LogP contribution in [0.1, 0.15) is 0 Å². The minimum absolute atomic E-state index is 0.839. The summed E-state index contributed by atoms with van der Waals surface area (Å²) in [6.45, 7) is 0. The lowest BCUT2D eigenvalue weighted by Gasteiger charge is -2.10. The van der Waals surface area contributed by atoms with Gasteiger partial charge in [0.1, 0.15) is 22.3 Å². The summed E-state index contributed by atoms with van der Waals surface area (Å²) in [5.41, 5.74) is 13.2. The zero-order valence-corrected chi connectivity index (χ0v) is 29.5. The summed E-state index contributed by atoms with van der Waals surface area (Å²) in [4.78, 5) is 5.27. The molecule has 0 spiro atoms. The summed E-state index contributed by atoms with van der Waals surface area (Å²) in [5, 5.41) is 9.10. The number of hydrogen-bond donors (Lipinski definition) is 0. The molecular weight excluding hydrogens is 673 g/mol. The second-order valence-electron chi connectivity index (χ2n) is 14.3. The number of fused-ring (bicyclic) bond motifs is 10. The minimum Gasteiger partial charge on any atom is -0.456 e. The highest BCUT2D eigenvalue weighted by Crippen LogP contribution is 2.41. The quantitative estimate of drug-likeness (QED) is 0.183. The van der Waals surface area contributed by atoms with Crippen LogP contribution in [0.4, 0.5) is 0 Å². The monoisotopic (exact) mass is 702 g/mol. The molecule has 55 heavy (non-hydrogen) atoms. The summed E-state index contributed by atoms with van der Waals surface area (Å²) >= 11 is 0. The topological polar surface area (TPSA) is 44.1 Å². The number of pyridine rings is 1. The van der Waals surface area contributed by atoms with E-state index in [2.05, 4.69) is 168 Å². The van der Waals surface area contributed by atoms with Crippen molar-refractivity contribution in [2.75, 3.05) is 0 Å². The van der Waals surface area contributed by atoms with Crippen LogP contribution in [0.5, 0.6) is 0 Å². The average molecular weight is 703 g/mol. The first-order valence-electron chi connectivity index (χ1n) is 18.6. The highest BCUT2D eigenvalue weighted by atomic mass is 16.3. The fraction of sp³-hybridized carbons (Fsp3) is 0. The van der Waals surface area contributed by atoms with Crippen LogP contribution in [0.15, 0.2) is 191 Å². The highest BCUT2D eigenvalue weighted by Gasteiger charge is 2.19. The highest BCUT2D eigenvalue weighted by molar-refractivity contribution is 6.13. The van der Waals surface area contributed by atoms with Crippen molar-refractivity contribution in [1.82, 2.24) is 9.55 Å². The van der Waals surface area contributed by atoms with E-state index in [0.717, 1.165) is 99.4 Å². The SMILES string of the molecule is c1ccc(-c2nc(-c3cccc4c3oc3ccc(-n5c6ccccc6c6cc(-c7ccc8oc9ccccc9c8c7)ccc65)cc34)cc3ccccc23)cc1. The molecule has 0 N–H and O–H groups in total. The summed E-state index contributed by atoms with van der Waals surface area (Å²) in [6.07, 6.45) is 0. The van der Waals surface area contributed by atoms with Crippen LogP contribution < -0.4 is 0 Å². The number of furan rings is 2. The summed E-state index contributed by atoms with van der Waals surface area (Å²) in [6, 6.07) is 64.3. The molecule has 4 aromatic heterocycles. The molecule has 4 heteroatoms. The molecule has 4 heterocycles. The van der Waals surface area contributed by atoms with Crippen molar-refractivity contribution in [3.8, 4) is 39.3 Å². The van der Waals surface area contributed by atoms with E-state index in [-0.39, 0.29) is 0 Å². The van der Waals surface area contributed by atoms with Gasteiger partial charge in [0.05, 0.1) is 22.4 Å². The number of benzene rings is 8. The first-order valence-corrected chi connectivity index (χ1v) is 18.6. The molecular formula is C51H30N2O2. The molecule has 0 aliphatic heterocycles. The Kier molecular flexibility index (Phi) is 6.31. The van der Waals surface area contributed by atoms with Gasteiger partial charge in [0.2, 0.25) is 0 Å². The predicted octanol–water partition coefficient (Wildman–Crippen LogP) is 14.1. The Morgan fingerprint density at radius 3 is 1.95 bits per heavy atom. The van der Waals surface area contributed by atoms with E-state index in [0.29, 0.717) is 0 Å². The fourth-order valence-electron chi connectivity index (χ4n) is 8.62. The van der Waals surface area contributed by atoms with Gasteiger partial charge in [-0.25, -0.2) is 4.98 Å². The largest absolute Gasteiger partial charge is 0.456 e. The summed E-state index contributed by atoms with van der Waals surface area (Å²) in [5.74, 6) is 0. The molecule has 0 amide bonds. The Bertz CT molecular complexity index is 3490. The first kappa shape index (κ1) is 30.1. The average Bonchev–Trinajstić information content (AvgIpc) is 3.92. The third-order valence-corrected chi connectivity index (χ3v) is 11.2. The molecule has 0 saturated carbocycles. The van der Waals surface area contributed by atoms with Gasteiger partial charge in [-0.2, -0.15) is 0 Å². The molecule has 256 valence electrons. The summed E-state index contributed by atoms with van der Waals surface area (Å²) < 4.78 is 15.2. The molecule has 0 bridgehead atoms. The van der Waals surface area contributed by atoms with Crippen molar-refractivity contribution in [2.45, 2.75) is 0 Å². The molecule has 8 aromatic carbocycles. The molecule has 12 aromatic rings. The smallest absolute Gasteiger partial charge is 0.144 e. The van der Waals surface area contributed by atoms with E-state index in [1.165, 1.54) is 16.3 Å². The summed E-state index contributed by atoms with van der Waals surface area (Å²) in [7, 11) is 0. The molecule has 0 radical (unpaired) electrons. The van der Waals surface area contributed by atoms with Crippen molar-refractivity contribution in [3.63, 3.8) is 0 Å². The predicted molar refractivity (Wildman–Crippen MR) is 227 cm³/mol. The van der Waals surface area contributed by atoms with E-state index < -0.39 is 0 Å². The number of para-hydroxylation sites is 3. The van der Waals surface area contributed by atoms with Gasteiger partial charge in [0.25, 0.3) is 0 Å². The van der Waals surface area contributed by atoms with Crippen LogP contribution >= 0.6 is 0 Å². The number of rotatable bonds is 4. The standard InChI is InChI=1S/C51H30N2O2/c1-2-11-31(12-3-1)50-36-14-5-4-13-34(36)29-44(52-50)40-18-10-17-39-43-30-35(23-26-49(43)55-51(39)40)53-45-19-8-6-15-37(45)41-27-32(21-24-46(41)53)33-22-25-48-42(28-33)38-16-7-9-20-47(38)54-48/h1-30H. The Labute approximate surface area is 315 Å². The van der Waals surface area contributed by atoms with Gasteiger partial charge in [-0.3, -0.25) is 0 Å². The second kappa shape index (κ2) is 11.5. The lowest BCUT2D eigenvalue weighted by molar-refractivity contribution is 0.669. The van der Waals surface area contributed by atoms with Gasteiger partial charge in [-0.15, -0.1) is 0 Å². The van der Waals surface area contributed by atoms with E-state index in [1.54, 1.807) is 0 Å². The lowest BCUT2D eigenvalue weighted by Crippen LogP contribution is -1.93. The van der Waals surface area contributed by atoms with Gasteiger partial charge >= 0.3 is 0 Å². The maximum Gasteiger partial charge on any atom is 0.144 e. The Morgan fingerprint density at radius 1 is 0.382 bits per heavy atom. The van der Waals surface area contributed by atoms with E-state index in [1.807, 2.05) is 18.2 Å². The van der Waals surface area contributed by atoms with Gasteiger partial charge in [0, 0.05) is 54.5 Å². The molecule has 0 saturated heterocycles. The zero-order valence-electron chi connectivity index (χ0n) is 29.5. The van der Waals surface area contributed by atoms with E-state index in [4.69, 9.17) is 13.8 Å². The van der Waals surface area contributed by atoms with Gasteiger partial charge in [0.15, 0.2) is 0 Å². The lowest BCUT2D eigenvalue weighted by atomic mass is 10.00. The van der Waals surface area contributed by atoms with Crippen LogP contribution in [0.2, 0.25) is 0 Å². The minimum atomic E-state index is 0.839. The molecule has 12 rings (SSSR count). The van der Waals surface area contributed by atoms with Gasteiger partial charge in [-0.1, -0.05) is 115 Å². The molecule has 0 unspecified atom stereocenters. The Hall–Kier alpha value is -7.43. The number of nitrogens with zero attached hydrogens (tertiary/aromatic N) is 2. The Balaban J connectivity index is 1.01. The van der Waals surface area contributed by atoms with Gasteiger partial charge < -0.3 is 13.4 Å². The molecule has 0 aliphatic rings. The van der Waals surface area contributed by atoms with Crippen molar-refractivity contribution < 1.29 is 8.83 Å². The zero-order chi connectivity index (χ0) is 36.0. The van der Waals surface area contributed by atoms with Crippen molar-refractivity contribution in [3.05, 3.63) is 182 Å². The number of hydrogen-bond acceptors (Lipinski definition) is 3. The van der Waals surface area contributed by atoms with Crippen LogP contribution in [-0.2, 0) is 0 Å². The Morgan fingerprint density at radius 2 is 1.04 bits per heavy atom. The van der Waals surface area contributed by atoms with Crippen molar-refractivity contribution in [1.29, 1.82) is 0 Å². The number of aromatic nitrogens is 2. The molecule has 0 atom stereocenters. The van der Waals surface area contributed by atoms with Crippen LogP contribution in [-0.4, -0.2) is 9.55 Å². The van der Waals surface area contributed by atoms with Crippen molar-refractivity contribution >= 4 is 76.5 Å². The maximum absolute atomic E-state index is 6.70. The fourth-order valence-corrected chi connectivity index (χ4v) is 8.62. The van der Waals surface area contributed by atoms with Gasteiger partial charge in [-0.05, 0) is 83.2 Å². The van der Waals surface area contributed by atoms with Crippen molar-refractivity contribution in [2.24, 2.45) is 0 Å². The van der Waals surface area contributed by atoms with Crippen LogP contribution in [0.3, 0.4) is 0 Å². The van der Waals surface area contributed by atoms with Crippen LogP contribution in [0, 0.1) is 0 Å². The third kappa shape index (κ3) is 4.55. The molecule has 4 nitrogen and oxygen atoms in total. The third-order valence-electron chi connectivity index (χ3n) is 11.2.